The van der Waals surface area contributed by atoms with Crippen LogP contribution in [0.2, 0.25) is 10.0 Å². The van der Waals surface area contributed by atoms with E-state index in [1.165, 1.54) is 54.9 Å². The predicted octanol–water partition coefficient (Wildman–Crippen LogP) is 9.74. The van der Waals surface area contributed by atoms with Gasteiger partial charge in [-0.1, -0.05) is 84.7 Å². The van der Waals surface area contributed by atoms with Crippen LogP contribution in [0.3, 0.4) is 0 Å². The first kappa shape index (κ1) is 50.9. The molecule has 8 rings (SSSR count). The standard InChI is InChI=1S/C50H50Cl2F2N4O10S2/c1-30-18-19-57(2)28-44(30)68-50(61)56-45(32-8-4-3-5-9-32)34-10-6-12-36(22-34)65-47(59)35-11-7-13-37(23-35)70(62,63)58-20-21-69-46(58)48(60)66-42(25-38-39(51)26-55-27-40(38)52)33-16-17-41(67-49(53)54)43(24-33)64-29-31-14-15-31/h3-13,16-17,22-24,26-27,30-31,42,44-46,49H,14-15,18-21,25,28-29H2,1-2H3,(H,56,61)/t30?,42-,44-,45?,46-/m0/s1. The number of carbonyl (C=O) groups is 3. The SMILES string of the molecule is CC1CCN(C)C[C@@H]1OC(=O)NC(c1ccccc1)c1cccc(OC(=O)c2cccc(S(=O)(=O)N3CCS[C@H]3C(=O)O[C@@H](Cc3c(Cl)cncc3Cl)c3ccc(OC(F)F)c(OCC4CC4)c3)c2)c1. The average molecular weight is 1040 g/mol. The number of hydrogen-bond acceptors (Lipinski definition) is 13. The minimum Gasteiger partial charge on any atom is -0.489 e. The molecule has 20 heteroatoms. The number of sulfonamides is 1. The zero-order valence-electron chi connectivity index (χ0n) is 38.1. The summed E-state index contributed by atoms with van der Waals surface area (Å²) in [7, 11) is -2.47. The van der Waals surface area contributed by atoms with Gasteiger partial charge in [0, 0.05) is 37.7 Å². The molecule has 1 aromatic heterocycles. The van der Waals surface area contributed by atoms with Crippen LogP contribution in [0.25, 0.3) is 0 Å². The summed E-state index contributed by atoms with van der Waals surface area (Å²) < 4.78 is 85.0. The van der Waals surface area contributed by atoms with Crippen molar-refractivity contribution >= 4 is 63.0 Å². The number of piperidine rings is 1. The van der Waals surface area contributed by atoms with Gasteiger partial charge in [0.2, 0.25) is 10.0 Å². The number of nitrogens with one attached hydrogen (secondary N) is 1. The zero-order chi connectivity index (χ0) is 49.5. The molecule has 2 saturated heterocycles. The lowest BCUT2D eigenvalue weighted by Gasteiger charge is -2.34. The maximum Gasteiger partial charge on any atom is 0.408 e. The number of likely N-dealkylation sites (tertiary alicyclic amines) is 1. The number of halogens is 4. The Bertz CT molecular complexity index is 2770. The first-order valence-corrected chi connectivity index (χ1v) is 25.8. The highest BCUT2D eigenvalue weighted by Crippen LogP contribution is 2.40. The maximum atomic E-state index is 14.4. The first-order valence-electron chi connectivity index (χ1n) is 22.6. The molecule has 70 heavy (non-hydrogen) atoms. The van der Waals surface area contributed by atoms with Crippen molar-refractivity contribution in [2.75, 3.05) is 39.0 Å². The third kappa shape index (κ3) is 12.7. The van der Waals surface area contributed by atoms with E-state index >= 15 is 0 Å². The van der Waals surface area contributed by atoms with Crippen LogP contribution in [-0.4, -0.2) is 97.8 Å². The quantitative estimate of drug-likeness (QED) is 0.0653. The molecule has 4 aromatic carbocycles. The maximum absolute atomic E-state index is 14.4. The van der Waals surface area contributed by atoms with Crippen LogP contribution in [0.4, 0.5) is 13.6 Å². The molecule has 0 spiro atoms. The number of ether oxygens (including phenoxy) is 5. The Kier molecular flexibility index (Phi) is 16.5. The fourth-order valence-electron chi connectivity index (χ4n) is 8.13. The van der Waals surface area contributed by atoms with E-state index in [2.05, 4.69) is 22.1 Å². The molecule has 3 heterocycles. The Balaban J connectivity index is 0.991. The smallest absolute Gasteiger partial charge is 0.408 e. The third-order valence-corrected chi connectivity index (χ3v) is 16.0. The Morgan fingerprint density at radius 3 is 2.36 bits per heavy atom. The molecule has 2 aliphatic heterocycles. The summed E-state index contributed by atoms with van der Waals surface area (Å²) in [5, 5.41) is 1.97. The van der Waals surface area contributed by atoms with Gasteiger partial charge in [-0.2, -0.15) is 13.1 Å². The van der Waals surface area contributed by atoms with Gasteiger partial charge >= 0.3 is 24.6 Å². The number of aromatic nitrogens is 1. The highest BCUT2D eigenvalue weighted by Gasteiger charge is 2.43. The van der Waals surface area contributed by atoms with Crippen LogP contribution in [-0.2, 0) is 30.7 Å². The highest BCUT2D eigenvalue weighted by molar-refractivity contribution is 8.02. The molecule has 1 saturated carbocycles. The molecule has 5 aromatic rings. The van der Waals surface area contributed by atoms with Gasteiger partial charge < -0.3 is 33.9 Å². The molecule has 14 nitrogen and oxygen atoms in total. The van der Waals surface area contributed by atoms with Crippen LogP contribution in [0.15, 0.2) is 114 Å². The number of hydrogen-bond donors (Lipinski definition) is 1. The van der Waals surface area contributed by atoms with Gasteiger partial charge in [0.05, 0.1) is 33.2 Å². The molecule has 370 valence electrons. The summed E-state index contributed by atoms with van der Waals surface area (Å²) in [5.41, 5.74) is 1.95. The Labute approximate surface area is 418 Å². The summed E-state index contributed by atoms with van der Waals surface area (Å²) in [6.45, 7) is 0.650. The molecule has 2 unspecified atom stereocenters. The average Bonchev–Trinajstić information content (AvgIpc) is 4.04. The summed E-state index contributed by atoms with van der Waals surface area (Å²) in [4.78, 5) is 47.2. The summed E-state index contributed by atoms with van der Waals surface area (Å²) in [6.07, 6.45) is 3.33. The van der Waals surface area contributed by atoms with E-state index in [4.69, 9.17) is 46.9 Å². The summed E-state index contributed by atoms with van der Waals surface area (Å²) in [6, 6.07) is 24.7. The lowest BCUT2D eigenvalue weighted by Crippen LogP contribution is -2.45. The van der Waals surface area contributed by atoms with Crippen LogP contribution in [0, 0.1) is 11.8 Å². The fourth-order valence-corrected chi connectivity index (χ4v) is 11.7. The lowest BCUT2D eigenvalue weighted by atomic mass is 9.96. The topological polar surface area (TPSA) is 163 Å². The second kappa shape index (κ2) is 22.7. The number of benzene rings is 4. The van der Waals surface area contributed by atoms with Crippen molar-refractivity contribution < 1.29 is 55.3 Å². The van der Waals surface area contributed by atoms with Gasteiger partial charge in [0.25, 0.3) is 0 Å². The first-order chi connectivity index (χ1) is 33.6. The lowest BCUT2D eigenvalue weighted by molar-refractivity contribution is -0.150. The number of carbonyl (C=O) groups excluding carboxylic acids is 3. The highest BCUT2D eigenvalue weighted by atomic mass is 35.5. The van der Waals surface area contributed by atoms with Crippen LogP contribution in [0.1, 0.15) is 70.9 Å². The summed E-state index contributed by atoms with van der Waals surface area (Å²) in [5.74, 6) is -1.17. The number of esters is 2. The number of nitrogens with zero attached hydrogens (tertiary/aromatic N) is 3. The van der Waals surface area contributed by atoms with Crippen molar-refractivity contribution in [2.45, 2.75) is 67.7 Å². The van der Waals surface area contributed by atoms with E-state index in [-0.39, 0.29) is 81.0 Å². The van der Waals surface area contributed by atoms with E-state index in [1.807, 2.05) is 37.4 Å². The second-order valence-corrected chi connectivity index (χ2v) is 21.2. The summed E-state index contributed by atoms with van der Waals surface area (Å²) >= 11 is 14.0. The molecule has 1 aliphatic carbocycles. The Hall–Kier alpha value is -5.50. The molecule has 3 fully saturated rings. The molecular formula is C50H50Cl2F2N4O10S2. The van der Waals surface area contributed by atoms with E-state index in [9.17, 15) is 31.6 Å². The van der Waals surface area contributed by atoms with Gasteiger partial charge in [0.1, 0.15) is 18.0 Å². The molecule has 0 bridgehead atoms. The Morgan fingerprint density at radius 1 is 0.871 bits per heavy atom. The number of alkyl halides is 2. The van der Waals surface area contributed by atoms with Gasteiger partial charge in [-0.25, -0.2) is 22.8 Å². The van der Waals surface area contributed by atoms with Gasteiger partial charge in [0.15, 0.2) is 16.9 Å². The van der Waals surface area contributed by atoms with Crippen molar-refractivity contribution in [3.8, 4) is 17.2 Å². The second-order valence-electron chi connectivity index (χ2n) is 17.3. The van der Waals surface area contributed by atoms with E-state index in [0.717, 1.165) is 47.4 Å². The van der Waals surface area contributed by atoms with Crippen molar-refractivity contribution in [3.63, 3.8) is 0 Å². The van der Waals surface area contributed by atoms with E-state index in [1.54, 1.807) is 24.3 Å². The van der Waals surface area contributed by atoms with Gasteiger partial charge in [-0.05, 0) is 109 Å². The zero-order valence-corrected chi connectivity index (χ0v) is 41.2. The number of alkyl carbamates (subject to hydrolysis) is 1. The fraction of sp³-hybridized carbons (Fsp3) is 0.360. The molecule has 1 N–H and O–H groups in total. The van der Waals surface area contributed by atoms with Crippen LogP contribution >= 0.6 is 35.0 Å². The van der Waals surface area contributed by atoms with Crippen molar-refractivity contribution in [2.24, 2.45) is 11.8 Å². The minimum absolute atomic E-state index is 0.00599. The molecule has 5 atom stereocenters. The van der Waals surface area contributed by atoms with Gasteiger partial charge in [-0.15, -0.1) is 11.8 Å². The monoisotopic (exact) mass is 1040 g/mol. The number of rotatable bonds is 18. The number of pyridine rings is 1. The molecule has 0 radical (unpaired) electrons. The van der Waals surface area contributed by atoms with Crippen molar-refractivity contribution in [1.29, 1.82) is 0 Å². The molecular weight excluding hydrogens is 990 g/mol. The Morgan fingerprint density at radius 2 is 1.61 bits per heavy atom. The number of thioether (sulfide) groups is 1. The predicted molar refractivity (Wildman–Crippen MR) is 259 cm³/mol. The van der Waals surface area contributed by atoms with E-state index in [0.29, 0.717) is 23.2 Å². The molecule has 1 amide bonds. The number of amides is 1. The largest absolute Gasteiger partial charge is 0.489 e. The van der Waals surface area contributed by atoms with Crippen molar-refractivity contribution in [1.82, 2.24) is 19.5 Å². The third-order valence-electron chi connectivity index (χ3n) is 12.2. The van der Waals surface area contributed by atoms with Crippen LogP contribution in [0.5, 0.6) is 17.2 Å². The van der Waals surface area contributed by atoms with Crippen LogP contribution < -0.4 is 19.5 Å². The van der Waals surface area contributed by atoms with Gasteiger partial charge in [-0.3, -0.25) is 4.98 Å². The normalized spacial score (nSPS) is 19.5. The van der Waals surface area contributed by atoms with E-state index < -0.39 is 52.2 Å². The minimum atomic E-state index is -4.45. The van der Waals surface area contributed by atoms with Crippen molar-refractivity contribution in [3.05, 3.63) is 147 Å². The molecule has 3 aliphatic rings. The number of likely N-dealkylation sites (N-methyl/N-ethyl adjacent to an activating group) is 1.